The minimum atomic E-state index is -0.318. The molecule has 2 heterocycles. The van der Waals surface area contributed by atoms with Crippen molar-refractivity contribution in [2.24, 2.45) is 0 Å². The van der Waals surface area contributed by atoms with Crippen LogP contribution in [0.4, 0.5) is 5.69 Å². The molecule has 6 heteroatoms. The predicted octanol–water partition coefficient (Wildman–Crippen LogP) is 3.73. The van der Waals surface area contributed by atoms with Crippen molar-refractivity contribution >= 4 is 22.6 Å². The number of carbonyl (C=O) groups excluding carboxylic acids is 1. The molecule has 0 aliphatic carbocycles. The van der Waals surface area contributed by atoms with Crippen LogP contribution in [0.2, 0.25) is 0 Å². The van der Waals surface area contributed by atoms with Gasteiger partial charge >= 0.3 is 0 Å². The molecule has 4 rings (SSSR count). The zero-order chi connectivity index (χ0) is 16.7. The topological polar surface area (TPSA) is 69.9 Å². The van der Waals surface area contributed by atoms with Crippen LogP contribution in [0.1, 0.15) is 16.1 Å². The average Bonchev–Trinajstić information content (AvgIpc) is 3.18. The second kappa shape index (κ2) is 5.49. The molecule has 1 aromatic heterocycles. The first-order chi connectivity index (χ1) is 11.7. The summed E-state index contributed by atoms with van der Waals surface area (Å²) in [6.45, 7) is 2.04. The fraction of sp³-hybridized carbons (Fsp3) is 0.167. The summed E-state index contributed by atoms with van der Waals surface area (Å²) in [5.74, 6) is 1.95. The van der Waals surface area contributed by atoms with Gasteiger partial charge in [-0.05, 0) is 37.3 Å². The highest BCUT2D eigenvalue weighted by atomic mass is 16.7. The molecule has 122 valence electrons. The zero-order valence-corrected chi connectivity index (χ0v) is 13.2. The van der Waals surface area contributed by atoms with E-state index in [1.807, 2.05) is 13.0 Å². The Morgan fingerprint density at radius 3 is 2.79 bits per heavy atom. The summed E-state index contributed by atoms with van der Waals surface area (Å²) >= 11 is 0. The molecular weight excluding hydrogens is 310 g/mol. The van der Waals surface area contributed by atoms with Gasteiger partial charge in [-0.1, -0.05) is 0 Å². The van der Waals surface area contributed by atoms with Crippen molar-refractivity contribution in [1.82, 2.24) is 0 Å². The number of ether oxygens (including phenoxy) is 3. The largest absolute Gasteiger partial charge is 0.497 e. The van der Waals surface area contributed by atoms with E-state index in [2.05, 4.69) is 5.32 Å². The molecule has 0 spiro atoms. The number of carbonyl (C=O) groups is 1. The Bertz CT molecular complexity index is 944. The van der Waals surface area contributed by atoms with E-state index < -0.39 is 0 Å². The highest BCUT2D eigenvalue weighted by molar-refractivity contribution is 6.06. The lowest BCUT2D eigenvalue weighted by atomic mass is 10.1. The Morgan fingerprint density at radius 1 is 1.12 bits per heavy atom. The van der Waals surface area contributed by atoms with Crippen LogP contribution >= 0.6 is 0 Å². The molecule has 1 aliphatic heterocycles. The number of methoxy groups -OCH3 is 1. The smallest absolute Gasteiger partial charge is 0.291 e. The van der Waals surface area contributed by atoms with Crippen molar-refractivity contribution in [1.29, 1.82) is 0 Å². The molecule has 0 fully saturated rings. The average molecular weight is 325 g/mol. The van der Waals surface area contributed by atoms with Gasteiger partial charge < -0.3 is 23.9 Å². The Balaban J connectivity index is 1.64. The first kappa shape index (κ1) is 14.4. The number of nitrogens with one attached hydrogen (secondary N) is 1. The Morgan fingerprint density at radius 2 is 1.96 bits per heavy atom. The second-order valence-electron chi connectivity index (χ2n) is 5.44. The van der Waals surface area contributed by atoms with Gasteiger partial charge in [0.05, 0.1) is 7.11 Å². The van der Waals surface area contributed by atoms with Crippen LogP contribution in [0.25, 0.3) is 11.0 Å². The van der Waals surface area contributed by atoms with Crippen molar-refractivity contribution in [3.8, 4) is 17.2 Å². The third kappa shape index (κ3) is 2.32. The molecule has 0 bridgehead atoms. The molecule has 0 unspecified atom stereocenters. The first-order valence-corrected chi connectivity index (χ1v) is 7.44. The molecule has 0 atom stereocenters. The predicted molar refractivity (Wildman–Crippen MR) is 88.0 cm³/mol. The van der Waals surface area contributed by atoms with Gasteiger partial charge in [0.2, 0.25) is 6.79 Å². The maximum atomic E-state index is 12.6. The van der Waals surface area contributed by atoms with Crippen molar-refractivity contribution < 1.29 is 23.4 Å². The van der Waals surface area contributed by atoms with Crippen LogP contribution in [0, 0.1) is 6.92 Å². The quantitative estimate of drug-likeness (QED) is 0.794. The molecule has 3 aromatic rings. The minimum absolute atomic E-state index is 0.192. The zero-order valence-electron chi connectivity index (χ0n) is 13.2. The van der Waals surface area contributed by atoms with Crippen LogP contribution in [-0.4, -0.2) is 19.8 Å². The van der Waals surface area contributed by atoms with Crippen molar-refractivity contribution in [3.05, 3.63) is 47.7 Å². The third-order valence-corrected chi connectivity index (χ3v) is 3.98. The monoisotopic (exact) mass is 325 g/mol. The number of hydrogen-bond acceptors (Lipinski definition) is 5. The van der Waals surface area contributed by atoms with Crippen molar-refractivity contribution in [2.75, 3.05) is 19.2 Å². The van der Waals surface area contributed by atoms with Gasteiger partial charge in [0.1, 0.15) is 11.3 Å². The number of furan rings is 1. The second-order valence-corrected chi connectivity index (χ2v) is 5.44. The minimum Gasteiger partial charge on any atom is -0.497 e. The summed E-state index contributed by atoms with van der Waals surface area (Å²) in [6, 6.07) is 10.7. The number of rotatable bonds is 3. The Labute approximate surface area is 137 Å². The van der Waals surface area contributed by atoms with E-state index in [0.717, 1.165) is 10.9 Å². The standard InChI is InChI=1S/C18H15NO5/c1-10-13-8-12(21-2)4-6-14(13)24-17(10)18(20)19-11-3-5-15-16(7-11)23-9-22-15/h3-8H,9H2,1-2H3,(H,19,20). The molecule has 6 nitrogen and oxygen atoms in total. The molecule has 2 aromatic carbocycles. The van der Waals surface area contributed by atoms with E-state index in [-0.39, 0.29) is 18.5 Å². The number of aryl methyl sites for hydroxylation is 1. The van der Waals surface area contributed by atoms with Crippen LogP contribution in [0.15, 0.2) is 40.8 Å². The van der Waals surface area contributed by atoms with E-state index in [9.17, 15) is 4.79 Å². The highest BCUT2D eigenvalue weighted by Gasteiger charge is 2.20. The maximum absolute atomic E-state index is 12.6. The number of amides is 1. The summed E-state index contributed by atoms with van der Waals surface area (Å²) in [4.78, 5) is 12.6. The van der Waals surface area contributed by atoms with Crippen molar-refractivity contribution in [2.45, 2.75) is 6.92 Å². The molecule has 1 aliphatic rings. The summed E-state index contributed by atoms with van der Waals surface area (Å²) in [5.41, 5.74) is 2.02. The lowest BCUT2D eigenvalue weighted by molar-refractivity contribution is 0.0998. The van der Waals surface area contributed by atoms with Gasteiger partial charge in [0, 0.05) is 22.7 Å². The van der Waals surface area contributed by atoms with Crippen LogP contribution in [0.3, 0.4) is 0 Å². The fourth-order valence-electron chi connectivity index (χ4n) is 2.71. The number of fused-ring (bicyclic) bond motifs is 2. The summed E-state index contributed by atoms with van der Waals surface area (Å²) in [5, 5.41) is 3.67. The summed E-state index contributed by atoms with van der Waals surface area (Å²) < 4.78 is 21.5. The molecule has 0 saturated carbocycles. The van der Waals surface area contributed by atoms with Gasteiger partial charge in [0.15, 0.2) is 17.3 Å². The van der Waals surface area contributed by atoms with Crippen LogP contribution in [0.5, 0.6) is 17.2 Å². The molecular formula is C18H15NO5. The normalized spacial score (nSPS) is 12.4. The maximum Gasteiger partial charge on any atom is 0.291 e. The molecule has 1 amide bonds. The Hall–Kier alpha value is -3.15. The van der Waals surface area contributed by atoms with E-state index in [0.29, 0.717) is 28.5 Å². The van der Waals surface area contributed by atoms with Gasteiger partial charge in [-0.25, -0.2) is 0 Å². The number of benzene rings is 2. The summed E-state index contributed by atoms with van der Waals surface area (Å²) in [7, 11) is 1.60. The van der Waals surface area contributed by atoms with E-state index in [1.165, 1.54) is 0 Å². The molecule has 1 N–H and O–H groups in total. The SMILES string of the molecule is COc1ccc2oc(C(=O)Nc3ccc4c(c3)OCO4)c(C)c2c1. The van der Waals surface area contributed by atoms with Crippen LogP contribution in [-0.2, 0) is 0 Å². The highest BCUT2D eigenvalue weighted by Crippen LogP contribution is 2.35. The molecule has 24 heavy (non-hydrogen) atoms. The lowest BCUT2D eigenvalue weighted by Crippen LogP contribution is -2.12. The van der Waals surface area contributed by atoms with Crippen molar-refractivity contribution in [3.63, 3.8) is 0 Å². The number of hydrogen-bond donors (Lipinski definition) is 1. The molecule has 0 radical (unpaired) electrons. The first-order valence-electron chi connectivity index (χ1n) is 7.44. The summed E-state index contributed by atoms with van der Waals surface area (Å²) in [6.07, 6.45) is 0. The van der Waals surface area contributed by atoms with Gasteiger partial charge in [-0.3, -0.25) is 4.79 Å². The molecule has 0 saturated heterocycles. The number of anilines is 1. The van der Waals surface area contributed by atoms with E-state index in [1.54, 1.807) is 37.4 Å². The fourth-order valence-corrected chi connectivity index (χ4v) is 2.71. The van der Waals surface area contributed by atoms with Gasteiger partial charge in [-0.15, -0.1) is 0 Å². The van der Waals surface area contributed by atoms with Crippen LogP contribution < -0.4 is 19.5 Å². The lowest BCUT2D eigenvalue weighted by Gasteiger charge is -2.05. The third-order valence-electron chi connectivity index (χ3n) is 3.98. The van der Waals surface area contributed by atoms with Gasteiger partial charge in [0.25, 0.3) is 5.91 Å². The van der Waals surface area contributed by atoms with Gasteiger partial charge in [-0.2, -0.15) is 0 Å². The van der Waals surface area contributed by atoms with E-state index >= 15 is 0 Å². The Kier molecular flexibility index (Phi) is 3.30. The van der Waals surface area contributed by atoms with E-state index in [4.69, 9.17) is 18.6 Å².